The van der Waals surface area contributed by atoms with Crippen molar-refractivity contribution in [1.82, 2.24) is 24.8 Å². The van der Waals surface area contributed by atoms with Gasteiger partial charge in [-0.2, -0.15) is 10.2 Å². The molecule has 198 valence electrons. The molecule has 0 saturated heterocycles. The number of nitrogens with two attached hydrogens (primary N) is 1. The fourth-order valence-corrected chi connectivity index (χ4v) is 4.24. The molecule has 0 unspecified atom stereocenters. The van der Waals surface area contributed by atoms with Gasteiger partial charge >= 0.3 is 0 Å². The van der Waals surface area contributed by atoms with E-state index in [1.165, 1.54) is 29.3 Å². The lowest BCUT2D eigenvalue weighted by molar-refractivity contribution is 0.846. The summed E-state index contributed by atoms with van der Waals surface area (Å²) in [6, 6.07) is 21.1. The van der Waals surface area contributed by atoms with E-state index in [0.29, 0.717) is 0 Å². The molecule has 7 nitrogen and oxygen atoms in total. The van der Waals surface area contributed by atoms with Crippen molar-refractivity contribution in [2.45, 2.75) is 47.2 Å². The number of anilines is 1. The Kier molecular flexibility index (Phi) is 10.4. The van der Waals surface area contributed by atoms with E-state index in [4.69, 9.17) is 4.98 Å². The highest BCUT2D eigenvalue weighted by molar-refractivity contribution is 5.68. The van der Waals surface area contributed by atoms with Crippen LogP contribution in [-0.4, -0.2) is 31.8 Å². The predicted octanol–water partition coefficient (Wildman–Crippen LogP) is 6.44. The molecule has 3 aromatic heterocycles. The highest BCUT2D eigenvalue weighted by Gasteiger charge is 2.22. The van der Waals surface area contributed by atoms with Gasteiger partial charge in [0.25, 0.3) is 0 Å². The standard InChI is InChI=1S/C20H18N6.C8H10.C2H6.CH5N/c1-3-17-7-20-23-19(8-18(26(20)24-17)16-9-21-22-10-16)25-11-14-5-4-13(2)6-15(14)12-25;1-2-8-6-4-3-5-7-8;2*1-2/h3-10H,1,11-12H2,2H3,(H,21,22);3-7H,2H2,1H3;1-2H3;2H2,1H3. The van der Waals surface area contributed by atoms with Gasteiger partial charge in [0.1, 0.15) is 5.82 Å². The molecule has 1 aliphatic heterocycles. The van der Waals surface area contributed by atoms with Gasteiger partial charge in [-0.3, -0.25) is 5.10 Å². The van der Waals surface area contributed by atoms with E-state index in [0.717, 1.165) is 47.9 Å². The highest BCUT2D eigenvalue weighted by atomic mass is 15.3. The molecular weight excluding hydrogens is 470 g/mol. The number of hydrogen-bond donors (Lipinski definition) is 2. The summed E-state index contributed by atoms with van der Waals surface area (Å²) in [6.45, 7) is 13.9. The molecular formula is C31H39N7. The summed E-state index contributed by atoms with van der Waals surface area (Å²) in [5.74, 6) is 0.943. The molecule has 0 saturated carbocycles. The van der Waals surface area contributed by atoms with Crippen LogP contribution in [0.5, 0.6) is 0 Å². The monoisotopic (exact) mass is 509 g/mol. The number of benzene rings is 2. The molecule has 0 fully saturated rings. The Morgan fingerprint density at radius 2 is 1.74 bits per heavy atom. The van der Waals surface area contributed by atoms with E-state index in [-0.39, 0.29) is 0 Å². The van der Waals surface area contributed by atoms with Gasteiger partial charge in [-0.05, 0) is 43.2 Å². The van der Waals surface area contributed by atoms with Gasteiger partial charge in [0.15, 0.2) is 5.65 Å². The number of rotatable bonds is 4. The zero-order chi connectivity index (χ0) is 27.5. The van der Waals surface area contributed by atoms with Crippen molar-refractivity contribution < 1.29 is 0 Å². The Bertz CT molecular complexity index is 1420. The van der Waals surface area contributed by atoms with Crippen molar-refractivity contribution in [3.8, 4) is 11.3 Å². The quantitative estimate of drug-likeness (QED) is 0.291. The van der Waals surface area contributed by atoms with Crippen LogP contribution >= 0.6 is 0 Å². The maximum absolute atomic E-state index is 4.85. The lowest BCUT2D eigenvalue weighted by Crippen LogP contribution is -2.17. The second kappa shape index (κ2) is 13.9. The zero-order valence-corrected chi connectivity index (χ0v) is 23.1. The highest BCUT2D eigenvalue weighted by Crippen LogP contribution is 2.31. The average molecular weight is 510 g/mol. The van der Waals surface area contributed by atoms with E-state index in [1.807, 2.05) is 36.7 Å². The number of nitrogens with zero attached hydrogens (tertiary/aromatic N) is 5. The van der Waals surface area contributed by atoms with Crippen molar-refractivity contribution in [2.24, 2.45) is 5.73 Å². The molecule has 4 heterocycles. The van der Waals surface area contributed by atoms with Gasteiger partial charge in [-0.1, -0.05) is 81.4 Å². The van der Waals surface area contributed by atoms with Crippen LogP contribution in [0.15, 0.2) is 79.6 Å². The number of fused-ring (bicyclic) bond motifs is 2. The molecule has 38 heavy (non-hydrogen) atoms. The molecule has 6 rings (SSSR count). The van der Waals surface area contributed by atoms with Gasteiger partial charge < -0.3 is 10.6 Å². The Balaban J connectivity index is 0.000000282. The Morgan fingerprint density at radius 1 is 1.00 bits per heavy atom. The number of aryl methyl sites for hydroxylation is 2. The molecule has 0 radical (unpaired) electrons. The third-order valence-electron chi connectivity index (χ3n) is 6.09. The van der Waals surface area contributed by atoms with E-state index >= 15 is 0 Å². The van der Waals surface area contributed by atoms with Crippen molar-refractivity contribution in [1.29, 1.82) is 0 Å². The second-order valence-corrected chi connectivity index (χ2v) is 8.50. The van der Waals surface area contributed by atoms with Gasteiger partial charge in [-0.25, -0.2) is 9.50 Å². The molecule has 0 spiro atoms. The van der Waals surface area contributed by atoms with Gasteiger partial charge in [-0.15, -0.1) is 0 Å². The number of nitrogens with one attached hydrogen (secondary N) is 1. The summed E-state index contributed by atoms with van der Waals surface area (Å²) in [5, 5.41) is 11.5. The first-order valence-corrected chi connectivity index (χ1v) is 13.1. The summed E-state index contributed by atoms with van der Waals surface area (Å²) in [5.41, 5.74) is 13.5. The lowest BCUT2D eigenvalue weighted by Gasteiger charge is -2.18. The van der Waals surface area contributed by atoms with Crippen molar-refractivity contribution >= 4 is 17.5 Å². The van der Waals surface area contributed by atoms with Crippen LogP contribution in [0.25, 0.3) is 23.0 Å². The third kappa shape index (κ3) is 6.55. The van der Waals surface area contributed by atoms with Gasteiger partial charge in [0, 0.05) is 37.0 Å². The summed E-state index contributed by atoms with van der Waals surface area (Å²) in [7, 11) is 1.50. The second-order valence-electron chi connectivity index (χ2n) is 8.50. The number of aromatic nitrogens is 5. The Hall–Kier alpha value is -4.23. The number of H-pyrrole nitrogens is 1. The molecule has 0 aliphatic carbocycles. The van der Waals surface area contributed by atoms with Crippen LogP contribution in [0.1, 0.15) is 48.7 Å². The van der Waals surface area contributed by atoms with Gasteiger partial charge in [0.05, 0.1) is 17.6 Å². The zero-order valence-electron chi connectivity index (χ0n) is 23.1. The largest absolute Gasteiger partial charge is 0.348 e. The molecule has 7 heteroatoms. The number of hydrogen-bond acceptors (Lipinski definition) is 5. The van der Waals surface area contributed by atoms with Crippen LogP contribution < -0.4 is 10.6 Å². The average Bonchev–Trinajstić information content (AvgIpc) is 3.75. The minimum absolute atomic E-state index is 0.805. The first-order valence-electron chi connectivity index (χ1n) is 13.1. The molecule has 0 atom stereocenters. The molecule has 5 aromatic rings. The molecule has 0 amide bonds. The van der Waals surface area contributed by atoms with Crippen LogP contribution in [-0.2, 0) is 19.5 Å². The van der Waals surface area contributed by atoms with Crippen molar-refractivity contribution in [3.63, 3.8) is 0 Å². The normalized spacial score (nSPS) is 11.4. The maximum Gasteiger partial charge on any atom is 0.158 e. The molecule has 0 bridgehead atoms. The molecule has 1 aliphatic rings. The van der Waals surface area contributed by atoms with E-state index < -0.39 is 0 Å². The van der Waals surface area contributed by atoms with Crippen LogP contribution in [0.2, 0.25) is 0 Å². The first kappa shape index (κ1) is 28.3. The molecule has 3 N–H and O–H groups in total. The fourth-order valence-electron chi connectivity index (χ4n) is 4.24. The van der Waals surface area contributed by atoms with E-state index in [2.05, 4.69) is 94.9 Å². The van der Waals surface area contributed by atoms with E-state index in [9.17, 15) is 0 Å². The van der Waals surface area contributed by atoms with Crippen LogP contribution in [0.4, 0.5) is 5.82 Å². The summed E-state index contributed by atoms with van der Waals surface area (Å²) in [6.07, 6.45) is 6.55. The minimum atomic E-state index is 0.805. The molecule has 2 aromatic carbocycles. The van der Waals surface area contributed by atoms with Crippen LogP contribution in [0, 0.1) is 6.92 Å². The van der Waals surface area contributed by atoms with Gasteiger partial charge in [0.2, 0.25) is 0 Å². The Labute approximate surface area is 226 Å². The maximum atomic E-state index is 4.85. The van der Waals surface area contributed by atoms with Crippen LogP contribution in [0.3, 0.4) is 0 Å². The van der Waals surface area contributed by atoms with Crippen molar-refractivity contribution in [2.75, 3.05) is 11.9 Å². The predicted molar refractivity (Wildman–Crippen MR) is 159 cm³/mol. The van der Waals surface area contributed by atoms with Crippen molar-refractivity contribution in [3.05, 3.63) is 108 Å². The Morgan fingerprint density at radius 3 is 2.37 bits per heavy atom. The first-order chi connectivity index (χ1) is 18.6. The smallest absolute Gasteiger partial charge is 0.158 e. The fraction of sp³-hybridized carbons (Fsp3) is 0.258. The lowest BCUT2D eigenvalue weighted by atomic mass is 10.1. The summed E-state index contributed by atoms with van der Waals surface area (Å²) >= 11 is 0. The third-order valence-corrected chi connectivity index (χ3v) is 6.09. The summed E-state index contributed by atoms with van der Waals surface area (Å²) < 4.78 is 1.85. The SMILES string of the molecule is C=Cc1cc2nc(N3Cc4ccc(C)cc4C3)cc(-c3cn[nH]c3)n2n1.CC.CCc1ccccc1.CN. The minimum Gasteiger partial charge on any atom is -0.348 e. The summed E-state index contributed by atoms with van der Waals surface area (Å²) in [4.78, 5) is 7.15. The topological polar surface area (TPSA) is 88.1 Å². The number of aromatic amines is 1. The van der Waals surface area contributed by atoms with E-state index in [1.54, 1.807) is 12.3 Å².